The summed E-state index contributed by atoms with van der Waals surface area (Å²) in [5.74, 6) is 1.83. The molecule has 220 valence electrons. The van der Waals surface area contributed by atoms with Crippen molar-refractivity contribution in [1.29, 1.82) is 0 Å². The van der Waals surface area contributed by atoms with Gasteiger partial charge in [0.1, 0.15) is 11.2 Å². The minimum Gasteiger partial charge on any atom is -0.455 e. The number of fused-ring (bicyclic) bond motifs is 5. The summed E-state index contributed by atoms with van der Waals surface area (Å²) < 4.78 is 6.65. The number of benzene rings is 7. The lowest BCUT2D eigenvalue weighted by molar-refractivity contribution is 0.673. The van der Waals surface area contributed by atoms with Crippen molar-refractivity contribution in [1.82, 2.24) is 15.0 Å². The summed E-state index contributed by atoms with van der Waals surface area (Å²) in [6.45, 7) is 0. The fourth-order valence-electron chi connectivity index (χ4n) is 6.57. The Morgan fingerprint density at radius 1 is 0.340 bits per heavy atom. The number of hydrogen-bond donors (Lipinski definition) is 0. The van der Waals surface area contributed by atoms with Gasteiger partial charge in [-0.2, -0.15) is 0 Å². The van der Waals surface area contributed by atoms with Gasteiger partial charge in [0.25, 0.3) is 0 Å². The Kier molecular flexibility index (Phi) is 6.43. The first-order chi connectivity index (χ1) is 23.3. The Hall–Kier alpha value is -6.39. The van der Waals surface area contributed by atoms with Crippen molar-refractivity contribution in [2.75, 3.05) is 0 Å². The molecule has 9 aromatic rings. The SMILES string of the molecule is c1ccc(-c2nc(-c3ccccc3-c3ccccc3)nc(-c3cccc4oc5c6ccccc6c(-c6ccccc6)cc5c34)n2)cc1. The molecule has 0 aliphatic rings. The average Bonchev–Trinajstić information content (AvgIpc) is 3.54. The molecule has 0 fully saturated rings. The summed E-state index contributed by atoms with van der Waals surface area (Å²) in [6.07, 6.45) is 0. The van der Waals surface area contributed by atoms with Crippen molar-refractivity contribution in [3.05, 3.63) is 164 Å². The van der Waals surface area contributed by atoms with Gasteiger partial charge in [-0.3, -0.25) is 0 Å². The van der Waals surface area contributed by atoms with Crippen LogP contribution in [-0.2, 0) is 0 Å². The first-order valence-electron chi connectivity index (χ1n) is 15.7. The van der Waals surface area contributed by atoms with Crippen LogP contribution < -0.4 is 0 Å². The Morgan fingerprint density at radius 3 is 1.55 bits per heavy atom. The molecule has 0 atom stereocenters. The van der Waals surface area contributed by atoms with Crippen LogP contribution in [0, 0.1) is 0 Å². The molecule has 2 aromatic heterocycles. The topological polar surface area (TPSA) is 51.8 Å². The molecular formula is C43H27N3O. The minimum absolute atomic E-state index is 0.597. The number of furan rings is 1. The monoisotopic (exact) mass is 601 g/mol. The second-order valence-corrected chi connectivity index (χ2v) is 11.6. The van der Waals surface area contributed by atoms with Crippen LogP contribution in [0.25, 0.3) is 89.1 Å². The van der Waals surface area contributed by atoms with E-state index in [2.05, 4.69) is 103 Å². The number of aromatic nitrogens is 3. The Balaban J connectivity index is 1.34. The summed E-state index contributed by atoms with van der Waals surface area (Å²) in [7, 11) is 0. The van der Waals surface area contributed by atoms with Crippen LogP contribution in [0.2, 0.25) is 0 Å². The van der Waals surface area contributed by atoms with Gasteiger partial charge in [0.05, 0.1) is 0 Å². The van der Waals surface area contributed by atoms with E-state index in [1.807, 2.05) is 60.7 Å². The van der Waals surface area contributed by atoms with Crippen LogP contribution in [0.1, 0.15) is 0 Å². The van der Waals surface area contributed by atoms with E-state index in [1.54, 1.807) is 0 Å². The Labute approximate surface area is 271 Å². The van der Waals surface area contributed by atoms with E-state index in [4.69, 9.17) is 19.4 Å². The normalized spacial score (nSPS) is 11.4. The van der Waals surface area contributed by atoms with Crippen LogP contribution in [0.15, 0.2) is 168 Å². The predicted molar refractivity (Wildman–Crippen MR) is 192 cm³/mol. The lowest BCUT2D eigenvalue weighted by atomic mass is 9.94. The standard InChI is InChI=1S/C43H27N3O/c1-4-15-28(16-5-1)31-21-10-13-24-34(31)42-44-41(30-19-8-3-9-20-30)45-43(46-42)35-25-14-26-38-39(35)37-27-36(29-17-6-2-7-18-29)32-22-11-12-23-33(32)40(37)47-38/h1-27H. The average molecular weight is 602 g/mol. The summed E-state index contributed by atoms with van der Waals surface area (Å²) in [5.41, 5.74) is 8.90. The first-order valence-corrected chi connectivity index (χ1v) is 15.7. The molecule has 4 heteroatoms. The molecule has 0 aliphatic heterocycles. The Bertz CT molecular complexity index is 2560. The van der Waals surface area contributed by atoms with E-state index in [-0.39, 0.29) is 0 Å². The third-order valence-corrected chi connectivity index (χ3v) is 8.75. The predicted octanol–water partition coefficient (Wildman–Crippen LogP) is 11.3. The van der Waals surface area contributed by atoms with Gasteiger partial charge in [-0.1, -0.05) is 152 Å². The fourth-order valence-corrected chi connectivity index (χ4v) is 6.57. The molecule has 4 nitrogen and oxygen atoms in total. The maximum Gasteiger partial charge on any atom is 0.164 e. The second-order valence-electron chi connectivity index (χ2n) is 11.6. The molecule has 47 heavy (non-hydrogen) atoms. The molecule has 9 rings (SSSR count). The maximum absolute atomic E-state index is 6.65. The van der Waals surface area contributed by atoms with Crippen LogP contribution in [0.3, 0.4) is 0 Å². The highest BCUT2D eigenvalue weighted by Crippen LogP contribution is 2.43. The van der Waals surface area contributed by atoms with Crippen molar-refractivity contribution < 1.29 is 4.42 Å². The summed E-state index contributed by atoms with van der Waals surface area (Å²) in [5, 5.41) is 4.24. The molecule has 0 bridgehead atoms. The molecule has 0 radical (unpaired) electrons. The third kappa shape index (κ3) is 4.66. The van der Waals surface area contributed by atoms with Gasteiger partial charge in [-0.15, -0.1) is 0 Å². The van der Waals surface area contributed by atoms with Gasteiger partial charge >= 0.3 is 0 Å². The van der Waals surface area contributed by atoms with Crippen molar-refractivity contribution in [2.45, 2.75) is 0 Å². The van der Waals surface area contributed by atoms with E-state index in [0.717, 1.165) is 71.7 Å². The molecule has 0 saturated carbocycles. The quantitative estimate of drug-likeness (QED) is 0.197. The highest BCUT2D eigenvalue weighted by molar-refractivity contribution is 6.21. The number of hydrogen-bond acceptors (Lipinski definition) is 4. The summed E-state index contributed by atoms with van der Waals surface area (Å²) >= 11 is 0. The highest BCUT2D eigenvalue weighted by atomic mass is 16.3. The van der Waals surface area contributed by atoms with Crippen molar-refractivity contribution >= 4 is 32.7 Å². The third-order valence-electron chi connectivity index (χ3n) is 8.75. The lowest BCUT2D eigenvalue weighted by Gasteiger charge is -2.12. The summed E-state index contributed by atoms with van der Waals surface area (Å²) in [4.78, 5) is 15.4. The van der Waals surface area contributed by atoms with E-state index in [9.17, 15) is 0 Å². The number of rotatable bonds is 5. The number of nitrogens with zero attached hydrogens (tertiary/aromatic N) is 3. The highest BCUT2D eigenvalue weighted by Gasteiger charge is 2.21. The smallest absolute Gasteiger partial charge is 0.164 e. The molecule has 0 unspecified atom stereocenters. The summed E-state index contributed by atoms with van der Waals surface area (Å²) in [6, 6.07) is 56.2. The molecule has 7 aromatic carbocycles. The van der Waals surface area contributed by atoms with Gasteiger partial charge in [-0.25, -0.2) is 15.0 Å². The zero-order valence-electron chi connectivity index (χ0n) is 25.3. The van der Waals surface area contributed by atoms with Gasteiger partial charge < -0.3 is 4.42 Å². The van der Waals surface area contributed by atoms with Crippen molar-refractivity contribution in [3.63, 3.8) is 0 Å². The molecule has 0 aliphatic carbocycles. The van der Waals surface area contributed by atoms with Crippen LogP contribution >= 0.6 is 0 Å². The van der Waals surface area contributed by atoms with Gasteiger partial charge in [0, 0.05) is 32.8 Å². The van der Waals surface area contributed by atoms with Crippen LogP contribution in [-0.4, -0.2) is 15.0 Å². The van der Waals surface area contributed by atoms with Gasteiger partial charge in [-0.05, 0) is 39.8 Å². The molecule has 0 amide bonds. The largest absolute Gasteiger partial charge is 0.455 e. The zero-order chi connectivity index (χ0) is 31.2. The second kappa shape index (κ2) is 11.2. The molecular weight excluding hydrogens is 574 g/mol. The van der Waals surface area contributed by atoms with E-state index in [0.29, 0.717) is 17.5 Å². The Morgan fingerprint density at radius 2 is 0.851 bits per heavy atom. The van der Waals surface area contributed by atoms with Crippen molar-refractivity contribution in [2.24, 2.45) is 0 Å². The van der Waals surface area contributed by atoms with Crippen LogP contribution in [0.5, 0.6) is 0 Å². The molecule has 0 saturated heterocycles. The molecule has 2 heterocycles. The first kappa shape index (κ1) is 27.0. The lowest BCUT2D eigenvalue weighted by Crippen LogP contribution is -2.01. The maximum atomic E-state index is 6.65. The fraction of sp³-hybridized carbons (Fsp3) is 0. The van der Waals surface area contributed by atoms with E-state index < -0.39 is 0 Å². The van der Waals surface area contributed by atoms with E-state index in [1.165, 1.54) is 0 Å². The molecule has 0 spiro atoms. The van der Waals surface area contributed by atoms with Gasteiger partial charge in [0.15, 0.2) is 17.5 Å². The van der Waals surface area contributed by atoms with E-state index >= 15 is 0 Å². The van der Waals surface area contributed by atoms with Crippen LogP contribution in [0.4, 0.5) is 0 Å². The van der Waals surface area contributed by atoms with Crippen molar-refractivity contribution in [3.8, 4) is 56.4 Å². The molecule has 0 N–H and O–H groups in total. The minimum atomic E-state index is 0.597. The zero-order valence-corrected chi connectivity index (χ0v) is 25.3. The van der Waals surface area contributed by atoms with Gasteiger partial charge in [0.2, 0.25) is 0 Å².